The number of carbonyl (C=O) groups excluding carboxylic acids is 1. The third kappa shape index (κ3) is 4.03. The first-order valence-electron chi connectivity index (χ1n) is 8.68. The van der Waals surface area contributed by atoms with Gasteiger partial charge in [0.2, 0.25) is 0 Å². The molecule has 2 unspecified atom stereocenters. The quantitative estimate of drug-likeness (QED) is 0.668. The fourth-order valence-corrected chi connectivity index (χ4v) is 4.17. The second-order valence-electron chi connectivity index (χ2n) is 7.03. The lowest BCUT2D eigenvalue weighted by molar-refractivity contribution is 0.207. The average molecular weight is 316 g/mol. The molecule has 2 bridgehead atoms. The van der Waals surface area contributed by atoms with E-state index < -0.39 is 0 Å². The number of nitrogens with two attached hydrogens (primary N) is 1. The van der Waals surface area contributed by atoms with Crippen molar-refractivity contribution in [3.63, 3.8) is 0 Å². The molecule has 0 saturated heterocycles. The monoisotopic (exact) mass is 316 g/mol. The largest absolute Gasteiger partial charge is 0.335 e. The first kappa shape index (κ1) is 16.3. The predicted octanol–water partition coefficient (Wildman–Crippen LogP) is 1.72. The summed E-state index contributed by atoms with van der Waals surface area (Å²) < 4.78 is 0. The number of hydrogen-bond acceptors (Lipinski definition) is 3. The molecule has 2 atom stereocenters. The molecule has 5 N–H and O–H groups in total. The number of fused-ring (bicyclic) bond motifs is 2. The van der Waals surface area contributed by atoms with E-state index in [1.807, 2.05) is 7.05 Å². The molecule has 0 radical (unpaired) electrons. The molecule has 2 aliphatic carbocycles. The zero-order valence-electron chi connectivity index (χ0n) is 13.8. The molecule has 0 aromatic heterocycles. The minimum Gasteiger partial charge on any atom is -0.335 e. The van der Waals surface area contributed by atoms with Gasteiger partial charge >= 0.3 is 6.03 Å². The van der Waals surface area contributed by atoms with Gasteiger partial charge in [0.1, 0.15) is 0 Å². The van der Waals surface area contributed by atoms with Crippen LogP contribution in [0, 0.1) is 11.8 Å². The Bertz CT molecular complexity index is 516. The SMILES string of the molecule is CNCc1ccc(CNC(=O)NC2C3CCC2CC(N)C3)cc1. The molecule has 0 spiro atoms. The van der Waals surface area contributed by atoms with E-state index in [0.717, 1.165) is 24.9 Å². The molecule has 5 heteroatoms. The van der Waals surface area contributed by atoms with E-state index in [2.05, 4.69) is 40.2 Å². The molecule has 1 aromatic rings. The Balaban J connectivity index is 1.46. The summed E-state index contributed by atoms with van der Waals surface area (Å²) in [5, 5.41) is 9.30. The number of urea groups is 1. The van der Waals surface area contributed by atoms with Crippen molar-refractivity contribution in [1.82, 2.24) is 16.0 Å². The van der Waals surface area contributed by atoms with Crippen LogP contribution in [0.2, 0.25) is 0 Å². The molecular weight excluding hydrogens is 288 g/mol. The van der Waals surface area contributed by atoms with Gasteiger partial charge in [-0.1, -0.05) is 24.3 Å². The van der Waals surface area contributed by atoms with Crippen LogP contribution < -0.4 is 21.7 Å². The van der Waals surface area contributed by atoms with Gasteiger partial charge in [-0.05, 0) is 55.7 Å². The van der Waals surface area contributed by atoms with Gasteiger partial charge < -0.3 is 21.7 Å². The molecular formula is C18H28N4O. The number of nitrogens with one attached hydrogen (secondary N) is 3. The summed E-state index contributed by atoms with van der Waals surface area (Å²) in [6, 6.07) is 8.90. The molecule has 2 aliphatic rings. The first-order valence-corrected chi connectivity index (χ1v) is 8.68. The third-order valence-corrected chi connectivity index (χ3v) is 5.29. The number of amides is 2. The Hall–Kier alpha value is -1.59. The second-order valence-corrected chi connectivity index (χ2v) is 7.03. The minimum atomic E-state index is -0.0540. The summed E-state index contributed by atoms with van der Waals surface area (Å²) in [6.45, 7) is 1.42. The van der Waals surface area contributed by atoms with Crippen LogP contribution in [0.3, 0.4) is 0 Å². The maximum absolute atomic E-state index is 12.2. The molecule has 0 aliphatic heterocycles. The zero-order valence-corrected chi connectivity index (χ0v) is 13.8. The van der Waals surface area contributed by atoms with Gasteiger partial charge in [0.25, 0.3) is 0 Å². The Morgan fingerprint density at radius 1 is 1.09 bits per heavy atom. The highest BCUT2D eigenvalue weighted by Gasteiger charge is 2.42. The second kappa shape index (κ2) is 7.32. The molecule has 23 heavy (non-hydrogen) atoms. The van der Waals surface area contributed by atoms with Crippen molar-refractivity contribution in [2.24, 2.45) is 17.6 Å². The van der Waals surface area contributed by atoms with Gasteiger partial charge in [0.15, 0.2) is 0 Å². The summed E-state index contributed by atoms with van der Waals surface area (Å²) in [4.78, 5) is 12.2. The van der Waals surface area contributed by atoms with E-state index in [0.29, 0.717) is 30.5 Å². The smallest absolute Gasteiger partial charge is 0.315 e. The van der Waals surface area contributed by atoms with E-state index in [9.17, 15) is 4.79 Å². The first-order chi connectivity index (χ1) is 11.2. The van der Waals surface area contributed by atoms with Crippen LogP contribution in [-0.2, 0) is 13.1 Å². The Morgan fingerprint density at radius 2 is 1.65 bits per heavy atom. The molecule has 2 amide bonds. The molecule has 1 aromatic carbocycles. The lowest BCUT2D eigenvalue weighted by atomic mass is 9.81. The Labute approximate surface area is 138 Å². The van der Waals surface area contributed by atoms with Crippen molar-refractivity contribution in [3.05, 3.63) is 35.4 Å². The molecule has 5 nitrogen and oxygen atoms in total. The number of rotatable bonds is 5. The standard InChI is InChI=1S/C18H28N4O/c1-20-10-12-2-4-13(5-3-12)11-21-18(23)22-17-14-6-7-15(17)9-16(19)8-14/h2-5,14-17,20H,6-11,19H2,1H3,(H2,21,22,23). The van der Waals surface area contributed by atoms with E-state index in [4.69, 9.17) is 5.73 Å². The van der Waals surface area contributed by atoms with Crippen LogP contribution in [0.25, 0.3) is 0 Å². The fourth-order valence-electron chi connectivity index (χ4n) is 4.17. The zero-order chi connectivity index (χ0) is 16.2. The van der Waals surface area contributed by atoms with Crippen LogP contribution in [0.15, 0.2) is 24.3 Å². The average Bonchev–Trinajstić information content (AvgIpc) is 2.78. The lowest BCUT2D eigenvalue weighted by Crippen LogP contribution is -2.50. The van der Waals surface area contributed by atoms with Crippen LogP contribution >= 0.6 is 0 Å². The van der Waals surface area contributed by atoms with Gasteiger partial charge in [-0.3, -0.25) is 0 Å². The highest BCUT2D eigenvalue weighted by atomic mass is 16.2. The molecule has 2 fully saturated rings. The van der Waals surface area contributed by atoms with Crippen molar-refractivity contribution in [2.45, 2.75) is 50.9 Å². The van der Waals surface area contributed by atoms with E-state index in [-0.39, 0.29) is 6.03 Å². The Kier molecular flexibility index (Phi) is 5.18. The molecule has 0 heterocycles. The lowest BCUT2D eigenvalue weighted by Gasteiger charge is -2.34. The van der Waals surface area contributed by atoms with Gasteiger partial charge in [0.05, 0.1) is 0 Å². The normalized spacial score (nSPS) is 29.3. The number of carbonyl (C=O) groups is 1. The predicted molar refractivity (Wildman–Crippen MR) is 91.8 cm³/mol. The summed E-state index contributed by atoms with van der Waals surface area (Å²) in [5.74, 6) is 1.13. The molecule has 126 valence electrons. The van der Waals surface area contributed by atoms with E-state index in [1.54, 1.807) is 0 Å². The van der Waals surface area contributed by atoms with Crippen LogP contribution in [-0.4, -0.2) is 25.2 Å². The van der Waals surface area contributed by atoms with Gasteiger partial charge in [-0.25, -0.2) is 4.79 Å². The maximum atomic E-state index is 12.2. The molecule has 2 saturated carbocycles. The number of benzene rings is 1. The van der Waals surface area contributed by atoms with Gasteiger partial charge in [-0.2, -0.15) is 0 Å². The number of hydrogen-bond donors (Lipinski definition) is 4. The van der Waals surface area contributed by atoms with Crippen molar-refractivity contribution in [1.29, 1.82) is 0 Å². The van der Waals surface area contributed by atoms with Crippen LogP contribution in [0.5, 0.6) is 0 Å². The van der Waals surface area contributed by atoms with Crippen LogP contribution in [0.4, 0.5) is 4.79 Å². The highest BCUT2D eigenvalue weighted by molar-refractivity contribution is 5.74. The van der Waals surface area contributed by atoms with E-state index >= 15 is 0 Å². The van der Waals surface area contributed by atoms with Crippen molar-refractivity contribution < 1.29 is 4.79 Å². The van der Waals surface area contributed by atoms with Gasteiger partial charge in [-0.15, -0.1) is 0 Å². The maximum Gasteiger partial charge on any atom is 0.315 e. The van der Waals surface area contributed by atoms with Crippen molar-refractivity contribution >= 4 is 6.03 Å². The minimum absolute atomic E-state index is 0.0540. The summed E-state index contributed by atoms with van der Waals surface area (Å²) >= 11 is 0. The topological polar surface area (TPSA) is 79.2 Å². The summed E-state index contributed by atoms with van der Waals surface area (Å²) in [7, 11) is 1.94. The van der Waals surface area contributed by atoms with Gasteiger partial charge in [0, 0.05) is 25.2 Å². The molecule has 3 rings (SSSR count). The van der Waals surface area contributed by atoms with Crippen LogP contribution in [0.1, 0.15) is 36.8 Å². The summed E-state index contributed by atoms with van der Waals surface area (Å²) in [6.07, 6.45) is 4.51. The highest BCUT2D eigenvalue weighted by Crippen LogP contribution is 2.41. The van der Waals surface area contributed by atoms with Crippen molar-refractivity contribution in [2.75, 3.05) is 7.05 Å². The van der Waals surface area contributed by atoms with E-state index in [1.165, 1.54) is 18.4 Å². The third-order valence-electron chi connectivity index (χ3n) is 5.29. The fraction of sp³-hybridized carbons (Fsp3) is 0.611. The Morgan fingerprint density at radius 3 is 2.22 bits per heavy atom. The summed E-state index contributed by atoms with van der Waals surface area (Å²) in [5.41, 5.74) is 8.45. The van der Waals surface area contributed by atoms with Crippen molar-refractivity contribution in [3.8, 4) is 0 Å².